The Bertz CT molecular complexity index is 885. The number of carbonyl (C=O) groups is 5. The third-order valence-corrected chi connectivity index (χ3v) is 5.53. The van der Waals surface area contributed by atoms with Crippen molar-refractivity contribution in [2.24, 2.45) is 5.92 Å². The summed E-state index contributed by atoms with van der Waals surface area (Å²) in [6.45, 7) is 4.11. The number of rotatable bonds is 12. The third kappa shape index (κ3) is 8.14. The number of hydrogen-bond acceptors (Lipinski definition) is 6. The molecule has 1 aromatic carbocycles. The van der Waals surface area contributed by atoms with E-state index in [1.54, 1.807) is 44.2 Å². The van der Waals surface area contributed by atoms with Crippen LogP contribution in [-0.2, 0) is 30.4 Å². The average Bonchev–Trinajstić information content (AvgIpc) is 3.31. The van der Waals surface area contributed by atoms with Crippen LogP contribution in [0.1, 0.15) is 38.7 Å². The molecule has 1 saturated heterocycles. The maximum atomic E-state index is 12.9. The van der Waals surface area contributed by atoms with Crippen LogP contribution in [0, 0.1) is 5.92 Å². The summed E-state index contributed by atoms with van der Waals surface area (Å²) in [6.07, 6.45) is 0.707. The van der Waals surface area contributed by atoms with Gasteiger partial charge in [0, 0.05) is 6.42 Å². The molecule has 11 nitrogen and oxygen atoms in total. The first kappa shape index (κ1) is 26.8. The summed E-state index contributed by atoms with van der Waals surface area (Å²) in [7, 11) is 0. The Hall–Kier alpha value is -3.47. The van der Waals surface area contributed by atoms with E-state index in [0.29, 0.717) is 18.5 Å². The molecule has 3 amide bonds. The van der Waals surface area contributed by atoms with E-state index in [1.807, 2.05) is 0 Å². The summed E-state index contributed by atoms with van der Waals surface area (Å²) >= 11 is 0. The van der Waals surface area contributed by atoms with Gasteiger partial charge in [-0.25, -0.2) is 4.79 Å². The molecule has 186 valence electrons. The highest BCUT2D eigenvalue weighted by Gasteiger charge is 2.33. The van der Waals surface area contributed by atoms with Gasteiger partial charge < -0.3 is 31.5 Å². The van der Waals surface area contributed by atoms with Gasteiger partial charge in [-0.3, -0.25) is 19.2 Å². The first-order valence-corrected chi connectivity index (χ1v) is 11.2. The number of nitrogens with one attached hydrogen (secondary N) is 4. The fourth-order valence-corrected chi connectivity index (χ4v) is 3.66. The summed E-state index contributed by atoms with van der Waals surface area (Å²) in [4.78, 5) is 61.2. The van der Waals surface area contributed by atoms with E-state index in [9.17, 15) is 34.2 Å². The predicted molar refractivity (Wildman–Crippen MR) is 122 cm³/mol. The van der Waals surface area contributed by atoms with Gasteiger partial charge in [0.05, 0.1) is 12.5 Å². The van der Waals surface area contributed by atoms with E-state index in [2.05, 4.69) is 21.3 Å². The fraction of sp³-hybridized carbons (Fsp3) is 0.522. The Morgan fingerprint density at radius 1 is 0.971 bits per heavy atom. The van der Waals surface area contributed by atoms with Gasteiger partial charge in [-0.2, -0.15) is 0 Å². The van der Waals surface area contributed by atoms with Crippen LogP contribution < -0.4 is 21.3 Å². The van der Waals surface area contributed by atoms with E-state index < -0.39 is 54.3 Å². The number of carboxylic acids is 2. The molecule has 0 aliphatic carbocycles. The number of hydrogen-bond donors (Lipinski definition) is 6. The highest BCUT2D eigenvalue weighted by Crippen LogP contribution is 2.09. The van der Waals surface area contributed by atoms with Crippen molar-refractivity contribution < 1.29 is 34.2 Å². The summed E-state index contributed by atoms with van der Waals surface area (Å²) < 4.78 is 0. The van der Waals surface area contributed by atoms with E-state index >= 15 is 0 Å². The molecule has 1 aromatic rings. The van der Waals surface area contributed by atoms with Crippen molar-refractivity contribution in [1.82, 2.24) is 21.3 Å². The van der Waals surface area contributed by atoms with Gasteiger partial charge in [-0.05, 0) is 30.9 Å². The van der Waals surface area contributed by atoms with Crippen LogP contribution >= 0.6 is 0 Å². The summed E-state index contributed by atoms with van der Waals surface area (Å²) in [5.41, 5.74) is 0.664. The third-order valence-electron chi connectivity index (χ3n) is 5.53. The molecule has 0 saturated carbocycles. The second kappa shape index (κ2) is 12.7. The number of aliphatic carboxylic acids is 2. The lowest BCUT2D eigenvalue weighted by atomic mass is 10.0. The molecule has 6 N–H and O–H groups in total. The summed E-state index contributed by atoms with van der Waals surface area (Å²) in [5.74, 6) is -5.00. The zero-order valence-corrected chi connectivity index (χ0v) is 19.2. The normalized spacial score (nSPS) is 17.9. The smallest absolute Gasteiger partial charge is 0.326 e. The van der Waals surface area contributed by atoms with Crippen LogP contribution in [0.5, 0.6) is 0 Å². The van der Waals surface area contributed by atoms with Crippen molar-refractivity contribution in [2.75, 3.05) is 6.54 Å². The Labute approximate surface area is 197 Å². The molecular formula is C23H32N4O7. The van der Waals surface area contributed by atoms with Crippen LogP contribution in [0.4, 0.5) is 0 Å². The minimum atomic E-state index is -1.52. The maximum absolute atomic E-state index is 12.9. The van der Waals surface area contributed by atoms with Gasteiger partial charge in [-0.1, -0.05) is 44.2 Å². The van der Waals surface area contributed by atoms with Crippen molar-refractivity contribution >= 4 is 29.7 Å². The average molecular weight is 477 g/mol. The Kier molecular flexibility index (Phi) is 9.99. The molecule has 1 aliphatic rings. The van der Waals surface area contributed by atoms with Crippen LogP contribution in [0.3, 0.4) is 0 Å². The van der Waals surface area contributed by atoms with Crippen molar-refractivity contribution in [3.63, 3.8) is 0 Å². The quantitative estimate of drug-likeness (QED) is 0.237. The lowest BCUT2D eigenvalue weighted by molar-refractivity contribution is -0.143. The van der Waals surface area contributed by atoms with E-state index in [1.165, 1.54) is 0 Å². The summed E-state index contributed by atoms with van der Waals surface area (Å²) in [6, 6.07) is 4.36. The van der Waals surface area contributed by atoms with E-state index in [-0.39, 0.29) is 18.2 Å². The number of carbonyl (C=O) groups excluding carboxylic acids is 3. The van der Waals surface area contributed by atoms with Crippen LogP contribution in [0.2, 0.25) is 0 Å². The molecular weight excluding hydrogens is 444 g/mol. The van der Waals surface area contributed by atoms with Crippen LogP contribution in [0.15, 0.2) is 30.3 Å². The zero-order chi connectivity index (χ0) is 25.3. The molecule has 0 radical (unpaired) electrons. The highest BCUT2D eigenvalue weighted by atomic mass is 16.4. The molecule has 0 spiro atoms. The van der Waals surface area contributed by atoms with Crippen molar-refractivity contribution in [2.45, 2.75) is 63.7 Å². The van der Waals surface area contributed by atoms with Crippen molar-refractivity contribution in [3.05, 3.63) is 35.9 Å². The lowest BCUT2D eigenvalue weighted by Crippen LogP contribution is -2.58. The minimum absolute atomic E-state index is 0.0191. The minimum Gasteiger partial charge on any atom is -0.481 e. The van der Waals surface area contributed by atoms with Gasteiger partial charge in [0.15, 0.2) is 0 Å². The van der Waals surface area contributed by atoms with Gasteiger partial charge in [0.1, 0.15) is 18.1 Å². The number of benzene rings is 1. The molecule has 1 fully saturated rings. The Morgan fingerprint density at radius 3 is 2.15 bits per heavy atom. The van der Waals surface area contributed by atoms with E-state index in [0.717, 1.165) is 6.42 Å². The van der Waals surface area contributed by atoms with Crippen molar-refractivity contribution in [1.29, 1.82) is 0 Å². The van der Waals surface area contributed by atoms with E-state index in [4.69, 9.17) is 0 Å². The Morgan fingerprint density at radius 2 is 1.62 bits per heavy atom. The number of amides is 3. The first-order chi connectivity index (χ1) is 16.1. The van der Waals surface area contributed by atoms with Crippen molar-refractivity contribution in [3.8, 4) is 0 Å². The molecule has 2 rings (SSSR count). The predicted octanol–water partition coefficient (Wildman–Crippen LogP) is -0.349. The van der Waals surface area contributed by atoms with Crippen LogP contribution in [0.25, 0.3) is 0 Å². The second-order valence-electron chi connectivity index (χ2n) is 8.63. The standard InChI is InChI=1S/C23H32N4O7/c1-13(2)19(27-20(30)15-9-6-10-24-15)22(32)25-16(12-18(28)29)21(31)26-17(23(33)34)11-14-7-4-3-5-8-14/h3-5,7-8,13,15-17,19,24H,6,9-12H2,1-2H3,(H,25,32)(H,26,31)(H,27,30)(H,28,29)(H,33,34). The SMILES string of the molecule is CC(C)C(NC(=O)C1CCCN1)C(=O)NC(CC(=O)O)C(=O)NC(Cc1ccccc1)C(=O)O. The Balaban J connectivity index is 2.10. The van der Waals surface area contributed by atoms with Gasteiger partial charge in [-0.15, -0.1) is 0 Å². The molecule has 11 heteroatoms. The van der Waals surface area contributed by atoms with Crippen LogP contribution in [-0.4, -0.2) is 70.6 Å². The maximum Gasteiger partial charge on any atom is 0.326 e. The molecule has 34 heavy (non-hydrogen) atoms. The lowest BCUT2D eigenvalue weighted by Gasteiger charge is -2.26. The molecule has 4 unspecified atom stereocenters. The molecule has 0 bridgehead atoms. The zero-order valence-electron chi connectivity index (χ0n) is 19.2. The van der Waals surface area contributed by atoms with Gasteiger partial charge >= 0.3 is 11.9 Å². The summed E-state index contributed by atoms with van der Waals surface area (Å²) in [5, 5.41) is 29.1. The van der Waals surface area contributed by atoms with Gasteiger partial charge in [0.2, 0.25) is 17.7 Å². The molecule has 0 aromatic heterocycles. The highest BCUT2D eigenvalue weighted by molar-refractivity contribution is 5.95. The van der Waals surface area contributed by atoms with Gasteiger partial charge in [0.25, 0.3) is 0 Å². The first-order valence-electron chi connectivity index (χ1n) is 11.2. The topological polar surface area (TPSA) is 174 Å². The molecule has 1 aliphatic heterocycles. The monoisotopic (exact) mass is 476 g/mol. The molecule has 4 atom stereocenters. The number of carboxylic acid groups (broad SMARTS) is 2. The second-order valence-corrected chi connectivity index (χ2v) is 8.63. The fourth-order valence-electron chi connectivity index (χ4n) is 3.66. The largest absolute Gasteiger partial charge is 0.481 e. The molecule has 1 heterocycles.